The summed E-state index contributed by atoms with van der Waals surface area (Å²) in [5.74, 6) is 2.77. The standard InChI is InChI=1S/C14H17ClN2O2/c1-10(2)11-4-3-5-12(8-11)18-9-14-17-16-13(19-14)6-7-15/h3-5,8,10H,6-7,9H2,1-2H3. The van der Waals surface area contributed by atoms with Crippen molar-refractivity contribution < 1.29 is 9.15 Å². The van der Waals surface area contributed by atoms with E-state index in [-0.39, 0.29) is 6.61 Å². The van der Waals surface area contributed by atoms with Crippen molar-refractivity contribution >= 4 is 11.6 Å². The average molecular weight is 281 g/mol. The van der Waals surface area contributed by atoms with Crippen LogP contribution in [0.5, 0.6) is 5.75 Å². The van der Waals surface area contributed by atoms with Crippen molar-refractivity contribution in [3.05, 3.63) is 41.6 Å². The van der Waals surface area contributed by atoms with Gasteiger partial charge in [-0.05, 0) is 23.6 Å². The minimum Gasteiger partial charge on any atom is -0.484 e. The molecule has 0 amide bonds. The molecule has 0 bridgehead atoms. The fraction of sp³-hybridized carbons (Fsp3) is 0.429. The molecule has 102 valence electrons. The third kappa shape index (κ3) is 3.96. The van der Waals surface area contributed by atoms with Gasteiger partial charge in [-0.3, -0.25) is 0 Å². The van der Waals surface area contributed by atoms with Gasteiger partial charge in [-0.15, -0.1) is 21.8 Å². The molecule has 0 aliphatic carbocycles. The Morgan fingerprint density at radius 1 is 1.26 bits per heavy atom. The minimum absolute atomic E-state index is 0.275. The highest BCUT2D eigenvalue weighted by Gasteiger charge is 2.07. The van der Waals surface area contributed by atoms with E-state index in [1.807, 2.05) is 18.2 Å². The molecule has 5 heteroatoms. The lowest BCUT2D eigenvalue weighted by atomic mass is 10.0. The van der Waals surface area contributed by atoms with Gasteiger partial charge in [0, 0.05) is 12.3 Å². The third-order valence-electron chi connectivity index (χ3n) is 2.70. The van der Waals surface area contributed by atoms with Crippen LogP contribution in [0.1, 0.15) is 37.1 Å². The summed E-state index contributed by atoms with van der Waals surface area (Å²) in [6, 6.07) is 8.02. The number of nitrogens with zero attached hydrogens (tertiary/aromatic N) is 2. The Balaban J connectivity index is 1.95. The lowest BCUT2D eigenvalue weighted by Crippen LogP contribution is -1.97. The van der Waals surface area contributed by atoms with Crippen LogP contribution in [0, 0.1) is 0 Å². The summed E-state index contributed by atoms with van der Waals surface area (Å²) in [6.07, 6.45) is 0.581. The first-order valence-electron chi connectivity index (χ1n) is 6.29. The second kappa shape index (κ2) is 6.57. The summed E-state index contributed by atoms with van der Waals surface area (Å²) in [5.41, 5.74) is 1.24. The van der Waals surface area contributed by atoms with E-state index in [9.17, 15) is 0 Å². The van der Waals surface area contributed by atoms with E-state index in [2.05, 4.69) is 30.1 Å². The van der Waals surface area contributed by atoms with Gasteiger partial charge in [-0.1, -0.05) is 26.0 Å². The van der Waals surface area contributed by atoms with Gasteiger partial charge >= 0.3 is 0 Å². The molecule has 1 aromatic carbocycles. The molecule has 0 unspecified atom stereocenters. The summed E-state index contributed by atoms with van der Waals surface area (Å²) < 4.78 is 11.0. The molecule has 0 atom stereocenters. The Morgan fingerprint density at radius 2 is 2.05 bits per heavy atom. The Kier molecular flexibility index (Phi) is 4.80. The summed E-state index contributed by atoms with van der Waals surface area (Å²) in [7, 11) is 0. The molecule has 0 N–H and O–H groups in total. The molecule has 0 saturated carbocycles. The largest absolute Gasteiger partial charge is 0.484 e. The Morgan fingerprint density at radius 3 is 2.79 bits per heavy atom. The fourth-order valence-corrected chi connectivity index (χ4v) is 1.80. The van der Waals surface area contributed by atoms with Gasteiger partial charge in [0.25, 0.3) is 5.89 Å². The number of rotatable bonds is 6. The van der Waals surface area contributed by atoms with Crippen LogP contribution < -0.4 is 4.74 Å². The lowest BCUT2D eigenvalue weighted by molar-refractivity contribution is 0.259. The van der Waals surface area contributed by atoms with Crippen LogP contribution in [0.3, 0.4) is 0 Å². The van der Waals surface area contributed by atoms with E-state index < -0.39 is 0 Å². The molecule has 1 aromatic heterocycles. The van der Waals surface area contributed by atoms with Gasteiger partial charge in [-0.2, -0.15) is 0 Å². The molecule has 0 radical (unpaired) electrons. The van der Waals surface area contributed by atoms with E-state index in [1.165, 1.54) is 5.56 Å². The normalized spacial score (nSPS) is 10.9. The zero-order chi connectivity index (χ0) is 13.7. The predicted molar refractivity (Wildman–Crippen MR) is 73.6 cm³/mol. The predicted octanol–water partition coefficient (Wildman–Crippen LogP) is 3.55. The highest BCUT2D eigenvalue weighted by molar-refractivity contribution is 6.17. The third-order valence-corrected chi connectivity index (χ3v) is 2.89. The van der Waals surface area contributed by atoms with Crippen LogP contribution in [0.25, 0.3) is 0 Å². The minimum atomic E-state index is 0.275. The van der Waals surface area contributed by atoms with E-state index >= 15 is 0 Å². The monoisotopic (exact) mass is 280 g/mol. The number of benzene rings is 1. The van der Waals surface area contributed by atoms with E-state index in [0.717, 1.165) is 5.75 Å². The second-order valence-corrected chi connectivity index (χ2v) is 4.92. The van der Waals surface area contributed by atoms with Gasteiger partial charge in [0.05, 0.1) is 0 Å². The van der Waals surface area contributed by atoms with Crippen molar-refractivity contribution in [3.8, 4) is 5.75 Å². The molecule has 2 aromatic rings. The van der Waals surface area contributed by atoms with Crippen molar-refractivity contribution in [1.29, 1.82) is 0 Å². The van der Waals surface area contributed by atoms with E-state index in [0.29, 0.717) is 30.0 Å². The van der Waals surface area contributed by atoms with Crippen LogP contribution in [0.15, 0.2) is 28.7 Å². The summed E-state index contributed by atoms with van der Waals surface area (Å²) in [4.78, 5) is 0. The van der Waals surface area contributed by atoms with Gasteiger partial charge in [0.2, 0.25) is 5.89 Å². The van der Waals surface area contributed by atoms with E-state index in [4.69, 9.17) is 20.8 Å². The molecular formula is C14H17ClN2O2. The molecule has 0 aliphatic rings. The first-order valence-corrected chi connectivity index (χ1v) is 6.82. The maximum atomic E-state index is 5.65. The topological polar surface area (TPSA) is 48.2 Å². The summed E-state index contributed by atoms with van der Waals surface area (Å²) >= 11 is 5.61. The number of alkyl halides is 1. The number of ether oxygens (including phenoxy) is 1. The van der Waals surface area contributed by atoms with Gasteiger partial charge in [0.1, 0.15) is 5.75 Å². The Bertz CT molecular complexity index is 526. The van der Waals surface area contributed by atoms with E-state index in [1.54, 1.807) is 0 Å². The van der Waals surface area contributed by atoms with Crippen molar-refractivity contribution in [2.24, 2.45) is 0 Å². The first-order chi connectivity index (χ1) is 9.19. The molecular weight excluding hydrogens is 264 g/mol. The number of aryl methyl sites for hydroxylation is 1. The summed E-state index contributed by atoms with van der Waals surface area (Å²) in [6.45, 7) is 4.57. The SMILES string of the molecule is CC(C)c1cccc(OCc2nnc(CCCl)o2)c1. The van der Waals surface area contributed by atoms with Gasteiger partial charge in [0.15, 0.2) is 6.61 Å². The molecule has 0 spiro atoms. The van der Waals surface area contributed by atoms with Gasteiger partial charge in [-0.25, -0.2) is 0 Å². The second-order valence-electron chi connectivity index (χ2n) is 4.54. The molecule has 4 nitrogen and oxygen atoms in total. The molecule has 0 saturated heterocycles. The number of aromatic nitrogens is 2. The quantitative estimate of drug-likeness (QED) is 0.759. The maximum absolute atomic E-state index is 5.65. The number of halogens is 1. The highest BCUT2D eigenvalue weighted by Crippen LogP contribution is 2.20. The smallest absolute Gasteiger partial charge is 0.253 e. The number of hydrogen-bond acceptors (Lipinski definition) is 4. The van der Waals surface area contributed by atoms with Crippen LogP contribution >= 0.6 is 11.6 Å². The maximum Gasteiger partial charge on any atom is 0.253 e. The van der Waals surface area contributed by atoms with Crippen molar-refractivity contribution in [1.82, 2.24) is 10.2 Å². The molecule has 0 aliphatic heterocycles. The Hall–Kier alpha value is -1.55. The average Bonchev–Trinajstić information content (AvgIpc) is 2.85. The van der Waals surface area contributed by atoms with Crippen molar-refractivity contribution in [3.63, 3.8) is 0 Å². The lowest BCUT2D eigenvalue weighted by Gasteiger charge is -2.08. The Labute approximate surface area is 117 Å². The van der Waals surface area contributed by atoms with Crippen molar-refractivity contribution in [2.45, 2.75) is 32.8 Å². The zero-order valence-corrected chi connectivity index (χ0v) is 11.9. The highest BCUT2D eigenvalue weighted by atomic mass is 35.5. The first kappa shape index (κ1) is 13.9. The van der Waals surface area contributed by atoms with Crippen LogP contribution in [-0.2, 0) is 13.0 Å². The fourth-order valence-electron chi connectivity index (χ4n) is 1.64. The summed E-state index contributed by atoms with van der Waals surface area (Å²) in [5, 5.41) is 7.79. The van der Waals surface area contributed by atoms with Gasteiger partial charge < -0.3 is 9.15 Å². The zero-order valence-electron chi connectivity index (χ0n) is 11.1. The molecule has 0 fully saturated rings. The van der Waals surface area contributed by atoms with Crippen LogP contribution in [0.4, 0.5) is 0 Å². The molecule has 2 rings (SSSR count). The number of hydrogen-bond donors (Lipinski definition) is 0. The molecule has 1 heterocycles. The van der Waals surface area contributed by atoms with Crippen LogP contribution in [-0.4, -0.2) is 16.1 Å². The molecule has 19 heavy (non-hydrogen) atoms. The van der Waals surface area contributed by atoms with Crippen LogP contribution in [0.2, 0.25) is 0 Å². The van der Waals surface area contributed by atoms with Crippen molar-refractivity contribution in [2.75, 3.05) is 5.88 Å².